The summed E-state index contributed by atoms with van der Waals surface area (Å²) in [4.78, 5) is 12.2. The number of benzene rings is 2. The van der Waals surface area contributed by atoms with Gasteiger partial charge in [-0.15, -0.1) is 0 Å². The molecule has 6 nitrogen and oxygen atoms in total. The molecule has 0 unspecified atom stereocenters. The fourth-order valence-corrected chi connectivity index (χ4v) is 4.34. The first-order chi connectivity index (χ1) is 13.0. The van der Waals surface area contributed by atoms with Crippen LogP contribution in [0.1, 0.15) is 32.1 Å². The van der Waals surface area contributed by atoms with Crippen LogP contribution in [0.5, 0.6) is 5.75 Å². The van der Waals surface area contributed by atoms with Crippen LogP contribution in [-0.2, 0) is 14.8 Å². The van der Waals surface area contributed by atoms with Gasteiger partial charge in [0.05, 0.1) is 12.0 Å². The predicted octanol–water partition coefficient (Wildman–Crippen LogP) is 4.01. The summed E-state index contributed by atoms with van der Waals surface area (Å²) in [6.07, 6.45) is 5.15. The van der Waals surface area contributed by atoms with Crippen molar-refractivity contribution in [2.75, 3.05) is 17.1 Å². The molecule has 1 amide bonds. The van der Waals surface area contributed by atoms with Crippen LogP contribution >= 0.6 is 0 Å². The zero-order valence-corrected chi connectivity index (χ0v) is 16.1. The minimum Gasteiger partial charge on any atom is -0.497 e. The van der Waals surface area contributed by atoms with Crippen LogP contribution in [0.3, 0.4) is 0 Å². The molecule has 0 radical (unpaired) electrons. The zero-order valence-electron chi connectivity index (χ0n) is 15.3. The average molecular weight is 388 g/mol. The number of sulfonamides is 1. The lowest BCUT2D eigenvalue weighted by atomic mass is 10.0. The highest BCUT2D eigenvalue weighted by Gasteiger charge is 2.19. The van der Waals surface area contributed by atoms with E-state index in [-0.39, 0.29) is 10.8 Å². The smallest absolute Gasteiger partial charge is 0.261 e. The van der Waals surface area contributed by atoms with Gasteiger partial charge in [-0.1, -0.05) is 12.8 Å². The summed E-state index contributed by atoms with van der Waals surface area (Å²) >= 11 is 0. The summed E-state index contributed by atoms with van der Waals surface area (Å²) in [6.45, 7) is 0. The van der Waals surface area contributed by atoms with Crippen LogP contribution in [0.15, 0.2) is 53.4 Å². The van der Waals surface area contributed by atoms with Crippen molar-refractivity contribution in [2.45, 2.75) is 37.0 Å². The van der Waals surface area contributed by atoms with Crippen LogP contribution in [0.2, 0.25) is 0 Å². The minimum absolute atomic E-state index is 0.0196. The largest absolute Gasteiger partial charge is 0.497 e. The Kier molecular flexibility index (Phi) is 6.01. The molecule has 144 valence electrons. The van der Waals surface area contributed by atoms with Crippen LogP contribution in [0.25, 0.3) is 0 Å². The van der Waals surface area contributed by atoms with Crippen LogP contribution in [-0.4, -0.2) is 21.4 Å². The molecule has 3 rings (SSSR count). The number of rotatable bonds is 7. The van der Waals surface area contributed by atoms with Gasteiger partial charge in [-0.05, 0) is 67.3 Å². The lowest BCUT2D eigenvalue weighted by Crippen LogP contribution is -2.16. The highest BCUT2D eigenvalue weighted by atomic mass is 32.2. The standard InChI is InChI=1S/C20H24N2O4S/c1-26-18-10-6-17(7-11-18)22-27(24,25)19-12-8-16(9-13-19)21-20(23)14-15-4-2-3-5-15/h6-13,15,22H,2-5,14H2,1H3,(H,21,23). The number of anilines is 2. The lowest BCUT2D eigenvalue weighted by Gasteiger charge is -2.11. The second-order valence-electron chi connectivity index (χ2n) is 6.76. The van der Waals surface area contributed by atoms with E-state index in [0.29, 0.717) is 29.5 Å². The maximum Gasteiger partial charge on any atom is 0.261 e. The summed E-state index contributed by atoms with van der Waals surface area (Å²) in [5.74, 6) is 1.10. The molecule has 1 saturated carbocycles. The molecule has 1 aliphatic rings. The molecule has 1 aliphatic carbocycles. The van der Waals surface area contributed by atoms with E-state index in [0.717, 1.165) is 12.8 Å². The molecule has 2 aromatic rings. The summed E-state index contributed by atoms with van der Waals surface area (Å²) < 4.78 is 32.6. The Balaban J connectivity index is 1.61. The van der Waals surface area contributed by atoms with Crippen molar-refractivity contribution in [3.63, 3.8) is 0 Å². The average Bonchev–Trinajstić information content (AvgIpc) is 3.15. The first kappa shape index (κ1) is 19.2. The van der Waals surface area contributed by atoms with Crippen molar-refractivity contribution in [3.05, 3.63) is 48.5 Å². The number of carbonyl (C=O) groups excluding carboxylic acids is 1. The van der Waals surface area contributed by atoms with Gasteiger partial charge in [-0.2, -0.15) is 0 Å². The molecule has 0 atom stereocenters. The van der Waals surface area contributed by atoms with Gasteiger partial charge >= 0.3 is 0 Å². The Hall–Kier alpha value is -2.54. The van der Waals surface area contributed by atoms with Crippen molar-refractivity contribution in [3.8, 4) is 5.75 Å². The molecule has 0 spiro atoms. The van der Waals surface area contributed by atoms with Crippen molar-refractivity contribution < 1.29 is 17.9 Å². The molecule has 2 N–H and O–H groups in total. The number of amides is 1. The van der Waals surface area contributed by atoms with E-state index in [9.17, 15) is 13.2 Å². The van der Waals surface area contributed by atoms with E-state index in [1.54, 1.807) is 43.5 Å². The predicted molar refractivity (Wildman–Crippen MR) is 105 cm³/mol. The Labute approximate surface area is 160 Å². The van der Waals surface area contributed by atoms with Gasteiger partial charge < -0.3 is 10.1 Å². The summed E-state index contributed by atoms with van der Waals surface area (Å²) in [5, 5.41) is 2.84. The van der Waals surface area contributed by atoms with Gasteiger partial charge in [0.2, 0.25) is 5.91 Å². The number of methoxy groups -OCH3 is 1. The number of nitrogens with one attached hydrogen (secondary N) is 2. The molecule has 7 heteroatoms. The van der Waals surface area contributed by atoms with Crippen molar-refractivity contribution in [1.29, 1.82) is 0 Å². The zero-order chi connectivity index (χ0) is 19.3. The minimum atomic E-state index is -3.70. The maximum atomic E-state index is 12.5. The maximum absolute atomic E-state index is 12.5. The van der Waals surface area contributed by atoms with Crippen molar-refractivity contribution >= 4 is 27.3 Å². The monoisotopic (exact) mass is 388 g/mol. The second-order valence-corrected chi connectivity index (χ2v) is 8.44. The molecule has 2 aromatic carbocycles. The first-order valence-corrected chi connectivity index (χ1v) is 10.5. The third-order valence-electron chi connectivity index (χ3n) is 4.74. The van der Waals surface area contributed by atoms with Crippen LogP contribution in [0, 0.1) is 5.92 Å². The van der Waals surface area contributed by atoms with Gasteiger partial charge in [0.1, 0.15) is 5.75 Å². The van der Waals surface area contributed by atoms with Gasteiger partial charge in [-0.3, -0.25) is 9.52 Å². The normalized spacial score (nSPS) is 14.7. The highest BCUT2D eigenvalue weighted by molar-refractivity contribution is 7.92. The van der Waals surface area contributed by atoms with E-state index in [4.69, 9.17) is 4.74 Å². The fraction of sp³-hybridized carbons (Fsp3) is 0.350. The molecule has 1 fully saturated rings. The molecule has 0 heterocycles. The Morgan fingerprint density at radius 2 is 1.59 bits per heavy atom. The van der Waals surface area contributed by atoms with E-state index in [2.05, 4.69) is 10.0 Å². The summed E-state index contributed by atoms with van der Waals surface area (Å²) in [5.41, 5.74) is 1.05. The molecular weight excluding hydrogens is 364 g/mol. The highest BCUT2D eigenvalue weighted by Crippen LogP contribution is 2.28. The Bertz CT molecular complexity index is 871. The van der Waals surface area contributed by atoms with Crippen LogP contribution < -0.4 is 14.8 Å². The summed E-state index contributed by atoms with van der Waals surface area (Å²) in [7, 11) is -2.15. The fourth-order valence-electron chi connectivity index (χ4n) is 3.28. The Morgan fingerprint density at radius 1 is 1.00 bits per heavy atom. The second kappa shape index (κ2) is 8.43. The molecule has 0 bridgehead atoms. The lowest BCUT2D eigenvalue weighted by molar-refractivity contribution is -0.117. The SMILES string of the molecule is COc1ccc(NS(=O)(=O)c2ccc(NC(=O)CC3CCCC3)cc2)cc1. The third kappa shape index (κ3) is 5.23. The molecule has 0 aromatic heterocycles. The van der Waals surface area contributed by atoms with E-state index >= 15 is 0 Å². The first-order valence-electron chi connectivity index (χ1n) is 9.03. The summed E-state index contributed by atoms with van der Waals surface area (Å²) in [6, 6.07) is 12.8. The van der Waals surface area contributed by atoms with Crippen molar-refractivity contribution in [2.24, 2.45) is 5.92 Å². The number of carbonyl (C=O) groups is 1. The van der Waals surface area contributed by atoms with E-state index in [1.807, 2.05) is 0 Å². The molecular formula is C20H24N2O4S. The van der Waals surface area contributed by atoms with Crippen LogP contribution in [0.4, 0.5) is 11.4 Å². The Morgan fingerprint density at radius 3 is 2.19 bits per heavy atom. The third-order valence-corrected chi connectivity index (χ3v) is 6.14. The number of hydrogen-bond donors (Lipinski definition) is 2. The van der Waals surface area contributed by atoms with Gasteiger partial charge in [0, 0.05) is 17.8 Å². The van der Waals surface area contributed by atoms with Gasteiger partial charge in [0.15, 0.2) is 0 Å². The topological polar surface area (TPSA) is 84.5 Å². The molecule has 0 saturated heterocycles. The number of hydrogen-bond acceptors (Lipinski definition) is 4. The van der Waals surface area contributed by atoms with Gasteiger partial charge in [0.25, 0.3) is 10.0 Å². The van der Waals surface area contributed by atoms with E-state index < -0.39 is 10.0 Å². The van der Waals surface area contributed by atoms with Gasteiger partial charge in [-0.25, -0.2) is 8.42 Å². The molecule has 0 aliphatic heterocycles. The van der Waals surface area contributed by atoms with E-state index in [1.165, 1.54) is 25.0 Å². The quantitative estimate of drug-likeness (QED) is 0.750. The molecule has 27 heavy (non-hydrogen) atoms. The van der Waals surface area contributed by atoms with Crippen molar-refractivity contribution in [1.82, 2.24) is 0 Å². The number of ether oxygens (including phenoxy) is 1.